The molecule has 0 amide bonds. The number of aliphatic hydroxyl groups is 2. The molecule has 3 rings (SSSR count). The van der Waals surface area contributed by atoms with E-state index in [1.807, 2.05) is 25.3 Å². The fourth-order valence-corrected chi connectivity index (χ4v) is 5.02. The van der Waals surface area contributed by atoms with Crippen molar-refractivity contribution >= 4 is 29.2 Å². The Morgan fingerprint density at radius 1 is 1.21 bits per heavy atom. The maximum absolute atomic E-state index is 13.0. The van der Waals surface area contributed by atoms with E-state index in [4.69, 9.17) is 9.47 Å². The number of cyclic esters (lactones) is 1. The van der Waals surface area contributed by atoms with Crippen LogP contribution in [0.15, 0.2) is 11.0 Å². The number of nitrogens with zero attached hydrogens (tertiary/aromatic N) is 1. The number of aryl methyl sites for hydroxylation is 1. The van der Waals surface area contributed by atoms with Crippen LogP contribution in [0.1, 0.15) is 76.9 Å². The van der Waals surface area contributed by atoms with Crippen LogP contribution in [0.5, 0.6) is 0 Å². The van der Waals surface area contributed by atoms with E-state index in [9.17, 15) is 19.8 Å². The van der Waals surface area contributed by atoms with E-state index in [0.717, 1.165) is 35.5 Å². The van der Waals surface area contributed by atoms with Gasteiger partial charge in [-0.2, -0.15) is 0 Å². The largest absolute Gasteiger partial charge is 0.458 e. The van der Waals surface area contributed by atoms with Crippen molar-refractivity contribution in [1.29, 1.82) is 0 Å². The van der Waals surface area contributed by atoms with Gasteiger partial charge in [-0.25, -0.2) is 4.98 Å². The minimum atomic E-state index is -1.21. The van der Waals surface area contributed by atoms with Crippen molar-refractivity contribution in [2.24, 2.45) is 11.3 Å². The number of hydrogen-bond donors (Lipinski definition) is 2. The van der Waals surface area contributed by atoms with E-state index in [2.05, 4.69) is 4.98 Å². The number of aromatic nitrogens is 1. The Kier molecular flexibility index (Phi) is 8.48. The molecule has 8 heteroatoms. The first-order valence-corrected chi connectivity index (χ1v) is 12.7. The zero-order chi connectivity index (χ0) is 24.3. The van der Waals surface area contributed by atoms with Gasteiger partial charge >= 0.3 is 5.97 Å². The molecule has 0 aromatic carbocycles. The fourth-order valence-electron chi connectivity index (χ4n) is 4.45. The lowest BCUT2D eigenvalue weighted by Crippen LogP contribution is -2.44. The highest BCUT2D eigenvalue weighted by atomic mass is 32.1. The number of Topliss-reactive ketones (excluding diaryl/α,β-unsaturated/α-hetero) is 1. The molecule has 2 aliphatic rings. The topological polar surface area (TPSA) is 109 Å². The lowest BCUT2D eigenvalue weighted by Gasteiger charge is -2.33. The van der Waals surface area contributed by atoms with Crippen LogP contribution >= 0.6 is 11.3 Å². The van der Waals surface area contributed by atoms with Gasteiger partial charge in [-0.1, -0.05) is 33.6 Å². The molecule has 6 atom stereocenters. The lowest BCUT2D eigenvalue weighted by atomic mass is 9.74. The van der Waals surface area contributed by atoms with Gasteiger partial charge < -0.3 is 19.7 Å². The first-order chi connectivity index (χ1) is 15.5. The molecule has 2 N–H and O–H groups in total. The highest BCUT2D eigenvalue weighted by Crippen LogP contribution is 2.35. The molecule has 1 aromatic heterocycles. The lowest BCUT2D eigenvalue weighted by molar-refractivity contribution is -0.154. The second-order valence-electron chi connectivity index (χ2n) is 10.1. The number of carbonyl (C=O) groups excluding carboxylic acids is 2. The molecule has 0 spiro atoms. The van der Waals surface area contributed by atoms with Crippen molar-refractivity contribution in [1.82, 2.24) is 4.98 Å². The Hall–Kier alpha value is -1.61. The molecule has 0 aliphatic carbocycles. The average molecular weight is 480 g/mol. The van der Waals surface area contributed by atoms with Crippen LogP contribution in [0.4, 0.5) is 0 Å². The molecule has 3 heterocycles. The van der Waals surface area contributed by atoms with Crippen LogP contribution in [0.2, 0.25) is 0 Å². The van der Waals surface area contributed by atoms with E-state index in [1.165, 1.54) is 0 Å². The number of fused-ring (bicyclic) bond motifs is 1. The number of carbonyl (C=O) groups is 2. The number of hydrogen-bond acceptors (Lipinski definition) is 8. The maximum Gasteiger partial charge on any atom is 0.309 e. The monoisotopic (exact) mass is 479 g/mol. The molecular weight excluding hydrogens is 442 g/mol. The van der Waals surface area contributed by atoms with Crippen LogP contribution in [0.3, 0.4) is 0 Å². The number of ether oxygens (including phenoxy) is 2. The molecule has 2 fully saturated rings. The van der Waals surface area contributed by atoms with Crippen molar-refractivity contribution < 1.29 is 29.3 Å². The number of thiazole rings is 1. The van der Waals surface area contributed by atoms with Crippen LogP contribution in [-0.4, -0.2) is 57.5 Å². The van der Waals surface area contributed by atoms with Crippen molar-refractivity contribution in [3.63, 3.8) is 0 Å². The summed E-state index contributed by atoms with van der Waals surface area (Å²) in [7, 11) is 0. The Balaban J connectivity index is 1.79. The Bertz CT molecular complexity index is 878. The third kappa shape index (κ3) is 6.72. The molecule has 33 heavy (non-hydrogen) atoms. The average Bonchev–Trinajstić information content (AvgIpc) is 3.36. The third-order valence-electron chi connectivity index (χ3n) is 6.99. The normalized spacial score (nSPS) is 34.5. The Morgan fingerprint density at radius 2 is 1.91 bits per heavy atom. The molecule has 7 nitrogen and oxygen atoms in total. The minimum Gasteiger partial charge on any atom is -0.458 e. The zero-order valence-corrected chi connectivity index (χ0v) is 21.1. The standard InChI is InChI=1S/C25H37NO6S/c1-14(10-17-13-33-16(3)26-17)20-11-21-19(31-21)9-7-6-8-18(27)15(2)24(30)25(4,5)22(28)12-23(29)32-20/h10,13,15,18-22,27-28H,6-9,11-12H2,1-5H3/b14-10+/t15-,18-,19+,20-,21-,22+/m1/s1. The number of esters is 1. The number of aliphatic hydroxyl groups excluding tert-OH is 2. The number of ketones is 1. The number of rotatable bonds is 2. The molecular formula is C25H37NO6S. The van der Waals surface area contributed by atoms with Crippen LogP contribution in [-0.2, 0) is 19.1 Å². The molecule has 2 saturated heterocycles. The minimum absolute atomic E-state index is 0.0167. The predicted octanol–water partition coefficient (Wildman–Crippen LogP) is 3.84. The summed E-state index contributed by atoms with van der Waals surface area (Å²) in [6.45, 7) is 8.78. The molecule has 1 aromatic rings. The highest BCUT2D eigenvalue weighted by molar-refractivity contribution is 7.09. The molecule has 0 unspecified atom stereocenters. The van der Waals surface area contributed by atoms with Gasteiger partial charge in [0.1, 0.15) is 11.9 Å². The Labute approximate surface area is 200 Å². The van der Waals surface area contributed by atoms with Crippen molar-refractivity contribution in [2.45, 2.75) is 104 Å². The SMILES string of the molecule is C/C(=C\c1csc(C)n1)[C@H]1C[C@H]2O[C@H]2CCCC[C@@H](O)[C@@H](C)C(=O)C(C)(C)[C@@H](O)CC(=O)O1. The fraction of sp³-hybridized carbons (Fsp3) is 0.720. The number of epoxide rings is 1. The molecule has 0 saturated carbocycles. The van der Waals surface area contributed by atoms with Gasteiger partial charge in [0.05, 0.1) is 47.0 Å². The smallest absolute Gasteiger partial charge is 0.309 e. The summed E-state index contributed by atoms with van der Waals surface area (Å²) in [5, 5.41) is 24.2. The third-order valence-corrected chi connectivity index (χ3v) is 7.78. The van der Waals surface area contributed by atoms with E-state index in [0.29, 0.717) is 12.8 Å². The van der Waals surface area contributed by atoms with Gasteiger partial charge in [-0.05, 0) is 38.3 Å². The van der Waals surface area contributed by atoms with Gasteiger partial charge in [0.25, 0.3) is 0 Å². The van der Waals surface area contributed by atoms with Crippen LogP contribution < -0.4 is 0 Å². The summed E-state index contributed by atoms with van der Waals surface area (Å²) < 4.78 is 11.6. The Morgan fingerprint density at radius 3 is 2.58 bits per heavy atom. The van der Waals surface area contributed by atoms with Gasteiger partial charge in [-0.15, -0.1) is 11.3 Å². The maximum atomic E-state index is 13.0. The van der Waals surface area contributed by atoms with E-state index < -0.39 is 35.6 Å². The van der Waals surface area contributed by atoms with Gasteiger partial charge in [-0.3, -0.25) is 9.59 Å². The molecule has 184 valence electrons. The van der Waals surface area contributed by atoms with Gasteiger partial charge in [0, 0.05) is 17.7 Å². The summed E-state index contributed by atoms with van der Waals surface area (Å²) in [5.41, 5.74) is 0.510. The van der Waals surface area contributed by atoms with E-state index >= 15 is 0 Å². The van der Waals surface area contributed by atoms with Crippen LogP contribution in [0.25, 0.3) is 6.08 Å². The van der Waals surface area contributed by atoms with Crippen molar-refractivity contribution in [3.05, 3.63) is 21.7 Å². The van der Waals surface area contributed by atoms with E-state index in [1.54, 1.807) is 32.1 Å². The van der Waals surface area contributed by atoms with Gasteiger partial charge in [0.15, 0.2) is 0 Å². The summed E-state index contributed by atoms with van der Waals surface area (Å²) in [6, 6.07) is 0. The second-order valence-corrected chi connectivity index (χ2v) is 11.1. The molecule has 0 bridgehead atoms. The summed E-state index contributed by atoms with van der Waals surface area (Å²) in [4.78, 5) is 30.3. The van der Waals surface area contributed by atoms with Crippen LogP contribution in [0, 0.1) is 18.3 Å². The molecule has 2 aliphatic heterocycles. The van der Waals surface area contributed by atoms with E-state index in [-0.39, 0.29) is 24.4 Å². The quantitative estimate of drug-likeness (QED) is 0.490. The summed E-state index contributed by atoms with van der Waals surface area (Å²) >= 11 is 1.56. The first-order valence-electron chi connectivity index (χ1n) is 11.8. The first kappa shape index (κ1) is 26.0. The summed E-state index contributed by atoms with van der Waals surface area (Å²) in [6.07, 6.45) is 2.92. The summed E-state index contributed by atoms with van der Waals surface area (Å²) in [5.74, 6) is -1.43. The highest BCUT2D eigenvalue weighted by Gasteiger charge is 2.43. The van der Waals surface area contributed by atoms with Crippen molar-refractivity contribution in [2.75, 3.05) is 0 Å². The van der Waals surface area contributed by atoms with Gasteiger partial charge in [0.2, 0.25) is 0 Å². The van der Waals surface area contributed by atoms with Crippen molar-refractivity contribution in [3.8, 4) is 0 Å². The molecule has 0 radical (unpaired) electrons. The second kappa shape index (κ2) is 10.8. The predicted molar refractivity (Wildman–Crippen MR) is 127 cm³/mol. The zero-order valence-electron chi connectivity index (χ0n) is 20.2.